The van der Waals surface area contributed by atoms with E-state index in [9.17, 15) is 23.7 Å². The third kappa shape index (κ3) is 5.63. The molecule has 1 N–H and O–H groups in total. The van der Waals surface area contributed by atoms with Crippen molar-refractivity contribution in [3.05, 3.63) is 63.7 Å². The number of rotatable bonds is 8. The van der Waals surface area contributed by atoms with E-state index >= 15 is 0 Å². The van der Waals surface area contributed by atoms with E-state index in [0.717, 1.165) is 5.56 Å². The maximum absolute atomic E-state index is 12.8. The number of nitrogens with zero attached hydrogens (tertiary/aromatic N) is 2. The van der Waals surface area contributed by atoms with Gasteiger partial charge in [-0.15, -0.1) is 0 Å². The average Bonchev–Trinajstić information content (AvgIpc) is 2.74. The van der Waals surface area contributed by atoms with Gasteiger partial charge >= 0.3 is 6.61 Å². The first kappa shape index (κ1) is 21.4. The number of nitrogens with one attached hydrogen (secondary N) is 1. The van der Waals surface area contributed by atoms with Crippen molar-refractivity contribution in [2.45, 2.75) is 13.0 Å². The Morgan fingerprint density at radius 3 is 2.53 bits per heavy atom. The number of nitro benzene ring substituents is 1. The Hall–Kier alpha value is -3.27. The highest BCUT2D eigenvalue weighted by Crippen LogP contribution is 2.26. The predicted octanol–water partition coefficient (Wildman–Crippen LogP) is 3.01. The average molecular weight is 421 g/mol. The molecule has 2 aromatic rings. The van der Waals surface area contributed by atoms with Crippen molar-refractivity contribution in [1.29, 1.82) is 0 Å². The fourth-order valence-corrected chi connectivity index (χ4v) is 3.15. The zero-order valence-corrected chi connectivity index (χ0v) is 16.1. The van der Waals surface area contributed by atoms with Crippen LogP contribution in [0.3, 0.4) is 0 Å². The number of alkyl halides is 2. The van der Waals surface area contributed by atoms with Crippen molar-refractivity contribution in [2.75, 3.05) is 37.7 Å². The Morgan fingerprint density at radius 2 is 1.90 bits per heavy atom. The molecule has 0 bridgehead atoms. The van der Waals surface area contributed by atoms with Gasteiger partial charge < -0.3 is 19.7 Å². The van der Waals surface area contributed by atoms with Crippen molar-refractivity contribution in [3.63, 3.8) is 0 Å². The number of benzene rings is 2. The van der Waals surface area contributed by atoms with E-state index in [-0.39, 0.29) is 23.5 Å². The van der Waals surface area contributed by atoms with Crippen LogP contribution in [-0.2, 0) is 11.2 Å². The summed E-state index contributed by atoms with van der Waals surface area (Å²) < 4.78 is 34.0. The monoisotopic (exact) mass is 421 g/mol. The molecule has 0 spiro atoms. The highest BCUT2D eigenvalue weighted by atomic mass is 19.3. The van der Waals surface area contributed by atoms with Gasteiger partial charge in [-0.1, -0.05) is 12.1 Å². The Kier molecular flexibility index (Phi) is 7.12. The third-order valence-electron chi connectivity index (χ3n) is 4.64. The molecule has 1 heterocycles. The molecule has 0 atom stereocenters. The molecule has 1 fully saturated rings. The fraction of sp³-hybridized carbons (Fsp3) is 0.350. The number of nitro groups is 1. The molecule has 0 aliphatic carbocycles. The molecule has 1 saturated heterocycles. The van der Waals surface area contributed by atoms with Crippen molar-refractivity contribution in [1.82, 2.24) is 5.32 Å². The predicted molar refractivity (Wildman–Crippen MR) is 105 cm³/mol. The number of carbonyl (C=O) groups is 1. The van der Waals surface area contributed by atoms with Gasteiger partial charge in [-0.25, -0.2) is 0 Å². The molecule has 8 nitrogen and oxygen atoms in total. The van der Waals surface area contributed by atoms with Crippen LogP contribution in [-0.4, -0.2) is 50.3 Å². The highest BCUT2D eigenvalue weighted by molar-refractivity contribution is 6.00. The zero-order valence-electron chi connectivity index (χ0n) is 16.1. The highest BCUT2D eigenvalue weighted by Gasteiger charge is 2.22. The smallest absolute Gasteiger partial charge is 0.387 e. The number of ether oxygens (including phenoxy) is 2. The Balaban J connectivity index is 1.66. The van der Waals surface area contributed by atoms with E-state index < -0.39 is 17.4 Å². The van der Waals surface area contributed by atoms with Crippen LogP contribution in [0.4, 0.5) is 20.2 Å². The quantitative estimate of drug-likeness (QED) is 0.520. The summed E-state index contributed by atoms with van der Waals surface area (Å²) in [5, 5.41) is 13.9. The number of non-ortho nitro benzene ring substituents is 1. The number of carbonyl (C=O) groups excluding carboxylic acids is 1. The molecule has 0 radical (unpaired) electrons. The van der Waals surface area contributed by atoms with Gasteiger partial charge in [-0.05, 0) is 30.2 Å². The SMILES string of the molecule is O=C(NCCc1ccc(OC(F)F)cc1)c1cc([N+](=O)[O-])ccc1N1CCOCC1. The summed E-state index contributed by atoms with van der Waals surface area (Å²) in [5.74, 6) is -0.359. The molecule has 30 heavy (non-hydrogen) atoms. The van der Waals surface area contributed by atoms with Gasteiger partial charge in [-0.2, -0.15) is 8.78 Å². The summed E-state index contributed by atoms with van der Waals surface area (Å²) >= 11 is 0. The Bertz CT molecular complexity index is 887. The molecular formula is C20H21F2N3O5. The minimum atomic E-state index is -2.88. The van der Waals surface area contributed by atoms with E-state index in [4.69, 9.17) is 4.74 Å². The number of morpholine rings is 1. The molecule has 1 amide bonds. The number of hydrogen-bond acceptors (Lipinski definition) is 6. The van der Waals surface area contributed by atoms with Crippen LogP contribution in [0.25, 0.3) is 0 Å². The van der Waals surface area contributed by atoms with Crippen molar-refractivity contribution in [3.8, 4) is 5.75 Å². The molecule has 2 aromatic carbocycles. The lowest BCUT2D eigenvalue weighted by molar-refractivity contribution is -0.384. The van der Waals surface area contributed by atoms with Gasteiger partial charge in [-0.3, -0.25) is 14.9 Å². The molecular weight excluding hydrogens is 400 g/mol. The maximum atomic E-state index is 12.8. The third-order valence-corrected chi connectivity index (χ3v) is 4.64. The lowest BCUT2D eigenvalue weighted by atomic mass is 10.1. The molecule has 1 aliphatic rings. The minimum Gasteiger partial charge on any atom is -0.435 e. The van der Waals surface area contributed by atoms with Crippen LogP contribution in [0.5, 0.6) is 5.75 Å². The number of amides is 1. The number of anilines is 1. The van der Waals surface area contributed by atoms with Gasteiger partial charge in [0, 0.05) is 31.8 Å². The first-order valence-electron chi connectivity index (χ1n) is 9.37. The fourth-order valence-electron chi connectivity index (χ4n) is 3.15. The van der Waals surface area contributed by atoms with Gasteiger partial charge in [0.05, 0.1) is 29.4 Å². The van der Waals surface area contributed by atoms with Crippen molar-refractivity contribution in [2.24, 2.45) is 0 Å². The molecule has 0 saturated carbocycles. The number of hydrogen-bond donors (Lipinski definition) is 1. The molecule has 0 aromatic heterocycles. The normalized spacial score (nSPS) is 13.9. The second-order valence-electron chi connectivity index (χ2n) is 6.59. The second kappa shape index (κ2) is 9.97. The van der Waals surface area contributed by atoms with E-state index in [2.05, 4.69) is 10.1 Å². The van der Waals surface area contributed by atoms with Gasteiger partial charge in [0.25, 0.3) is 11.6 Å². The molecule has 1 aliphatic heterocycles. The van der Waals surface area contributed by atoms with Gasteiger partial charge in [0.1, 0.15) is 5.75 Å². The lowest BCUT2D eigenvalue weighted by Crippen LogP contribution is -2.38. The minimum absolute atomic E-state index is 0.0598. The van der Waals surface area contributed by atoms with Crippen LogP contribution in [0.15, 0.2) is 42.5 Å². The molecule has 0 unspecified atom stereocenters. The first-order chi connectivity index (χ1) is 14.4. The van der Waals surface area contributed by atoms with E-state index in [1.54, 1.807) is 18.2 Å². The molecule has 10 heteroatoms. The topological polar surface area (TPSA) is 93.9 Å². The standard InChI is InChI=1S/C20H21F2N3O5/c21-20(22)30-16-4-1-14(2-5-16)7-8-23-19(26)17-13-15(25(27)28)3-6-18(17)24-9-11-29-12-10-24/h1-6,13,20H,7-12H2,(H,23,26). The van der Waals surface area contributed by atoms with Crippen LogP contribution in [0, 0.1) is 10.1 Å². The maximum Gasteiger partial charge on any atom is 0.387 e. The summed E-state index contributed by atoms with van der Waals surface area (Å²) in [4.78, 5) is 25.3. The Morgan fingerprint density at radius 1 is 1.20 bits per heavy atom. The number of halogens is 2. The van der Waals surface area contributed by atoms with Crippen LogP contribution in [0.2, 0.25) is 0 Å². The van der Waals surface area contributed by atoms with Crippen LogP contribution >= 0.6 is 0 Å². The van der Waals surface area contributed by atoms with Crippen molar-refractivity contribution >= 4 is 17.3 Å². The van der Waals surface area contributed by atoms with Crippen LogP contribution < -0.4 is 15.0 Å². The summed E-state index contributed by atoms with van der Waals surface area (Å²) in [7, 11) is 0. The second-order valence-corrected chi connectivity index (χ2v) is 6.59. The first-order valence-corrected chi connectivity index (χ1v) is 9.37. The summed E-state index contributed by atoms with van der Waals surface area (Å²) in [6.45, 7) is -0.395. The van der Waals surface area contributed by atoms with E-state index in [1.165, 1.54) is 24.3 Å². The van der Waals surface area contributed by atoms with Gasteiger partial charge in [0.15, 0.2) is 0 Å². The largest absolute Gasteiger partial charge is 0.435 e. The Labute approximate surface area is 171 Å². The molecule has 160 valence electrons. The van der Waals surface area contributed by atoms with Gasteiger partial charge in [0.2, 0.25) is 0 Å². The molecule has 3 rings (SSSR count). The van der Waals surface area contributed by atoms with E-state index in [0.29, 0.717) is 38.4 Å². The lowest BCUT2D eigenvalue weighted by Gasteiger charge is -2.30. The van der Waals surface area contributed by atoms with Crippen LogP contribution in [0.1, 0.15) is 15.9 Å². The zero-order chi connectivity index (χ0) is 21.5. The summed E-state index contributed by atoms with van der Waals surface area (Å²) in [6.07, 6.45) is 0.461. The summed E-state index contributed by atoms with van der Waals surface area (Å²) in [5.41, 5.74) is 1.51. The van der Waals surface area contributed by atoms with Crippen molar-refractivity contribution < 1.29 is 28.0 Å². The summed E-state index contributed by atoms with van der Waals surface area (Å²) in [6, 6.07) is 10.4. The van der Waals surface area contributed by atoms with E-state index in [1.807, 2.05) is 4.90 Å².